The van der Waals surface area contributed by atoms with Gasteiger partial charge in [-0.2, -0.15) is 0 Å². The zero-order valence-corrected chi connectivity index (χ0v) is 18.7. The highest BCUT2D eigenvalue weighted by atomic mass is 127. The topological polar surface area (TPSA) is 74.8 Å². The number of hydrogen-bond donors (Lipinski definition) is 3. The van der Waals surface area contributed by atoms with E-state index in [9.17, 15) is 4.79 Å². The van der Waals surface area contributed by atoms with Crippen molar-refractivity contribution in [1.82, 2.24) is 10.6 Å². The Kier molecular flexibility index (Phi) is 11.7. The number of aliphatic imine (C=N–C) groups is 1. The van der Waals surface area contributed by atoms with Crippen LogP contribution in [0, 0.1) is 0 Å². The maximum Gasteiger partial charge on any atom is 0.221 e. The number of carbonyl (C=O) groups is 1. The molecule has 0 heterocycles. The Morgan fingerprint density at radius 2 is 1.86 bits per heavy atom. The molecule has 1 amide bonds. The number of amides is 1. The predicted octanol–water partition coefficient (Wildman–Crippen LogP) is 3.44. The lowest BCUT2D eigenvalue weighted by Gasteiger charge is -2.12. The molecule has 0 unspecified atom stereocenters. The predicted molar refractivity (Wildman–Crippen MR) is 126 cm³/mol. The van der Waals surface area contributed by atoms with Crippen LogP contribution < -0.4 is 20.7 Å². The second-order valence-corrected chi connectivity index (χ2v) is 5.98. The number of carbonyl (C=O) groups excluding carboxylic acids is 1. The first-order valence-corrected chi connectivity index (χ1v) is 9.24. The highest BCUT2D eigenvalue weighted by Gasteiger charge is 2.00. The van der Waals surface area contributed by atoms with E-state index < -0.39 is 0 Å². The molecular formula is C21H29IN4O2. The Morgan fingerprint density at radius 3 is 2.57 bits per heavy atom. The first-order chi connectivity index (χ1) is 13.2. The molecule has 0 aromatic heterocycles. The normalized spacial score (nSPS) is 10.6. The molecule has 0 spiro atoms. The largest absolute Gasteiger partial charge is 0.492 e. The van der Waals surface area contributed by atoms with Crippen molar-refractivity contribution in [3.05, 3.63) is 60.2 Å². The van der Waals surface area contributed by atoms with Crippen molar-refractivity contribution in [2.24, 2.45) is 4.99 Å². The molecule has 2 rings (SSSR count). The van der Waals surface area contributed by atoms with Crippen LogP contribution in [-0.4, -0.2) is 38.1 Å². The van der Waals surface area contributed by atoms with Crippen LogP contribution in [-0.2, 0) is 11.2 Å². The van der Waals surface area contributed by atoms with E-state index >= 15 is 0 Å². The van der Waals surface area contributed by atoms with Gasteiger partial charge in [0, 0.05) is 31.8 Å². The zero-order valence-electron chi connectivity index (χ0n) is 16.4. The van der Waals surface area contributed by atoms with Crippen molar-refractivity contribution < 1.29 is 9.53 Å². The van der Waals surface area contributed by atoms with Gasteiger partial charge in [-0.05, 0) is 31.0 Å². The average Bonchev–Trinajstić information content (AvgIpc) is 2.66. The van der Waals surface area contributed by atoms with E-state index in [1.165, 1.54) is 12.5 Å². The van der Waals surface area contributed by atoms with Crippen LogP contribution in [0.4, 0.5) is 5.69 Å². The fraction of sp³-hybridized carbons (Fsp3) is 0.333. The molecule has 28 heavy (non-hydrogen) atoms. The Bertz CT molecular complexity index is 738. The van der Waals surface area contributed by atoms with Gasteiger partial charge in [0.05, 0.1) is 6.54 Å². The highest BCUT2D eigenvalue weighted by molar-refractivity contribution is 14.0. The number of ether oxygens (including phenoxy) is 1. The van der Waals surface area contributed by atoms with Gasteiger partial charge in [-0.15, -0.1) is 24.0 Å². The number of guanidine groups is 1. The molecule has 6 nitrogen and oxygen atoms in total. The lowest BCUT2D eigenvalue weighted by molar-refractivity contribution is -0.114. The first-order valence-electron chi connectivity index (χ1n) is 9.24. The fourth-order valence-corrected chi connectivity index (χ4v) is 2.49. The Hall–Kier alpha value is -2.29. The quantitative estimate of drug-likeness (QED) is 0.215. The van der Waals surface area contributed by atoms with E-state index in [1.54, 1.807) is 6.07 Å². The van der Waals surface area contributed by atoms with Crippen molar-refractivity contribution in [2.45, 2.75) is 20.3 Å². The number of nitrogens with one attached hydrogen (secondary N) is 3. The van der Waals surface area contributed by atoms with Crippen molar-refractivity contribution in [2.75, 3.05) is 31.6 Å². The minimum absolute atomic E-state index is 0. The molecule has 0 fully saturated rings. The summed E-state index contributed by atoms with van der Waals surface area (Å²) in [5, 5.41) is 9.25. The van der Waals surface area contributed by atoms with E-state index in [1.807, 2.05) is 43.3 Å². The maximum atomic E-state index is 11.1. The number of benzene rings is 2. The van der Waals surface area contributed by atoms with Gasteiger partial charge < -0.3 is 20.7 Å². The van der Waals surface area contributed by atoms with Crippen LogP contribution >= 0.6 is 24.0 Å². The molecule has 3 N–H and O–H groups in total. The van der Waals surface area contributed by atoms with Crippen LogP contribution in [0.15, 0.2) is 59.6 Å². The lowest BCUT2D eigenvalue weighted by Crippen LogP contribution is -2.39. The molecule has 0 aliphatic carbocycles. The summed E-state index contributed by atoms with van der Waals surface area (Å²) in [6.07, 6.45) is 0.907. The van der Waals surface area contributed by atoms with Gasteiger partial charge in [0.2, 0.25) is 5.91 Å². The fourth-order valence-electron chi connectivity index (χ4n) is 2.49. The van der Waals surface area contributed by atoms with E-state index in [4.69, 9.17) is 4.74 Å². The molecule has 0 atom stereocenters. The monoisotopic (exact) mass is 496 g/mol. The molecule has 0 bridgehead atoms. The van der Waals surface area contributed by atoms with E-state index in [0.717, 1.165) is 31.2 Å². The molecule has 0 aliphatic heterocycles. The van der Waals surface area contributed by atoms with Gasteiger partial charge in [0.15, 0.2) is 5.96 Å². The lowest BCUT2D eigenvalue weighted by atomic mass is 10.2. The molecule has 7 heteroatoms. The van der Waals surface area contributed by atoms with Crippen molar-refractivity contribution >= 4 is 41.5 Å². The van der Waals surface area contributed by atoms with Crippen molar-refractivity contribution in [3.8, 4) is 5.75 Å². The van der Waals surface area contributed by atoms with Gasteiger partial charge in [-0.3, -0.25) is 9.79 Å². The van der Waals surface area contributed by atoms with E-state index in [0.29, 0.717) is 18.9 Å². The van der Waals surface area contributed by atoms with Crippen molar-refractivity contribution in [1.29, 1.82) is 0 Å². The van der Waals surface area contributed by atoms with Gasteiger partial charge in [-0.25, -0.2) is 0 Å². The molecule has 0 radical (unpaired) electrons. The van der Waals surface area contributed by atoms with Crippen LogP contribution in [0.1, 0.15) is 19.4 Å². The van der Waals surface area contributed by atoms with Gasteiger partial charge in [0.1, 0.15) is 12.4 Å². The summed E-state index contributed by atoms with van der Waals surface area (Å²) < 4.78 is 5.73. The number of nitrogens with zero attached hydrogens (tertiary/aromatic N) is 1. The standard InChI is InChI=1S/C21H28N4O2.HI/c1-3-22-21(23-13-12-18-8-5-4-6-9-18)24-14-15-27-20-11-7-10-19(16-20)25-17(2)26;/h4-11,16H,3,12-15H2,1-2H3,(H,25,26)(H2,22,23,24);1H. The SMILES string of the molecule is CCNC(=NCCc1ccccc1)NCCOc1cccc(NC(C)=O)c1.I. The average molecular weight is 496 g/mol. The number of anilines is 1. The summed E-state index contributed by atoms with van der Waals surface area (Å²) in [6, 6.07) is 17.7. The second-order valence-electron chi connectivity index (χ2n) is 5.98. The Morgan fingerprint density at radius 1 is 1.07 bits per heavy atom. The molecule has 0 saturated carbocycles. The minimum atomic E-state index is -0.101. The molecule has 2 aromatic rings. The number of halogens is 1. The summed E-state index contributed by atoms with van der Waals surface area (Å²) >= 11 is 0. The third-order valence-electron chi connectivity index (χ3n) is 3.68. The van der Waals surface area contributed by atoms with Crippen LogP contribution in [0.2, 0.25) is 0 Å². The summed E-state index contributed by atoms with van der Waals surface area (Å²) in [6.45, 7) is 6.17. The van der Waals surface area contributed by atoms with Crippen LogP contribution in [0.25, 0.3) is 0 Å². The number of rotatable bonds is 9. The molecule has 152 valence electrons. The molecule has 0 saturated heterocycles. The number of hydrogen-bond acceptors (Lipinski definition) is 3. The molecule has 2 aromatic carbocycles. The van der Waals surface area contributed by atoms with Crippen molar-refractivity contribution in [3.63, 3.8) is 0 Å². The smallest absolute Gasteiger partial charge is 0.221 e. The van der Waals surface area contributed by atoms with E-state index in [-0.39, 0.29) is 29.9 Å². The Balaban J connectivity index is 0.00000392. The van der Waals surface area contributed by atoms with Crippen LogP contribution in [0.3, 0.4) is 0 Å². The molecule has 0 aliphatic rings. The highest BCUT2D eigenvalue weighted by Crippen LogP contribution is 2.16. The van der Waals surface area contributed by atoms with Gasteiger partial charge in [0.25, 0.3) is 0 Å². The first kappa shape index (κ1) is 23.7. The summed E-state index contributed by atoms with van der Waals surface area (Å²) in [4.78, 5) is 15.7. The summed E-state index contributed by atoms with van der Waals surface area (Å²) in [5.41, 5.74) is 2.00. The van der Waals surface area contributed by atoms with Gasteiger partial charge in [-0.1, -0.05) is 36.4 Å². The molecular weight excluding hydrogens is 467 g/mol. The second kappa shape index (κ2) is 13.8. The third kappa shape index (κ3) is 9.59. The van der Waals surface area contributed by atoms with Crippen LogP contribution in [0.5, 0.6) is 5.75 Å². The minimum Gasteiger partial charge on any atom is -0.492 e. The Labute approximate surface area is 184 Å². The van der Waals surface area contributed by atoms with E-state index in [2.05, 4.69) is 33.1 Å². The summed E-state index contributed by atoms with van der Waals surface area (Å²) in [5.74, 6) is 1.40. The van der Waals surface area contributed by atoms with Gasteiger partial charge >= 0.3 is 0 Å². The third-order valence-corrected chi connectivity index (χ3v) is 3.68. The zero-order chi connectivity index (χ0) is 19.3. The summed E-state index contributed by atoms with van der Waals surface area (Å²) in [7, 11) is 0. The maximum absolute atomic E-state index is 11.1.